The van der Waals surface area contributed by atoms with Gasteiger partial charge in [-0.15, -0.1) is 0 Å². The minimum atomic E-state index is -1.30. The first-order valence-corrected chi connectivity index (χ1v) is 16.0. The van der Waals surface area contributed by atoms with E-state index in [0.29, 0.717) is 30.8 Å². The topological polar surface area (TPSA) is 71.1 Å². The van der Waals surface area contributed by atoms with Crippen LogP contribution in [0.1, 0.15) is 40.4 Å². The number of benzene rings is 1. The fourth-order valence-corrected chi connectivity index (χ4v) is 5.61. The zero-order valence-corrected chi connectivity index (χ0v) is 23.7. The number of carbonyl (C=O) groups is 2. The minimum absolute atomic E-state index is 0.132. The van der Waals surface area contributed by atoms with Gasteiger partial charge in [0.15, 0.2) is 0 Å². The Bertz CT molecular complexity index is 872. The van der Waals surface area contributed by atoms with E-state index in [1.54, 1.807) is 7.11 Å². The van der Waals surface area contributed by atoms with E-state index >= 15 is 0 Å². The predicted octanol–water partition coefficient (Wildman–Crippen LogP) is 4.40. The summed E-state index contributed by atoms with van der Waals surface area (Å²) in [5, 5.41) is 0. The number of hydrogen-bond donors (Lipinski definition) is 0. The number of methoxy groups -OCH3 is 2. The molecule has 1 radical (unpaired) electrons. The molecule has 1 heterocycles. The number of esters is 2. The number of hydrogen-bond acceptors (Lipinski definition) is 6. The Kier molecular flexibility index (Phi) is 9.15. The molecule has 171 valence electrons. The summed E-state index contributed by atoms with van der Waals surface area (Å²) >= 11 is 1.18. The van der Waals surface area contributed by atoms with E-state index in [0.717, 1.165) is 34.1 Å². The summed E-state index contributed by atoms with van der Waals surface area (Å²) in [5.74, 6) is 0.782. The molecule has 1 aliphatic heterocycles. The Hall–Kier alpha value is -1.39. The molecule has 0 spiro atoms. The molecule has 0 aromatic heterocycles. The second-order valence-corrected chi connectivity index (χ2v) is 16.9. The molecule has 0 saturated heterocycles. The molecule has 0 aliphatic carbocycles. The molecular formula is C23H33O6PoSi. The maximum atomic E-state index is 12.5. The fourth-order valence-electron chi connectivity index (χ4n) is 3.50. The second-order valence-electron chi connectivity index (χ2n) is 9.03. The van der Waals surface area contributed by atoms with Crippen LogP contribution < -0.4 is 9.47 Å². The molecular weight excluding hydrogens is 609 g/mol. The van der Waals surface area contributed by atoms with Gasteiger partial charge in [-0.3, -0.25) is 0 Å². The summed E-state index contributed by atoms with van der Waals surface area (Å²) in [6.07, 6.45) is 3.26. The van der Waals surface area contributed by atoms with Crippen molar-refractivity contribution in [3.8, 4) is 11.5 Å². The SMILES string of the molecule is COC(=O)[CH]([Po])C/C(C)=C/Cc1c(OC)c(C)c2c(c1OCC[Si](C)(C)C)C(=O)OC2. The fraction of sp³-hybridized carbons (Fsp3) is 0.565. The van der Waals surface area contributed by atoms with Gasteiger partial charge in [-0.2, -0.15) is 0 Å². The number of fused-ring (bicyclic) bond motifs is 1. The molecule has 1 aromatic carbocycles. The molecule has 1 aliphatic rings. The molecule has 1 aromatic rings. The van der Waals surface area contributed by atoms with Gasteiger partial charge in [-0.05, 0) is 0 Å². The molecule has 8 heteroatoms. The van der Waals surface area contributed by atoms with Gasteiger partial charge in [0, 0.05) is 0 Å². The average Bonchev–Trinajstić information content (AvgIpc) is 3.08. The molecule has 1 atom stereocenters. The molecule has 2 rings (SSSR count). The third-order valence-electron chi connectivity index (χ3n) is 5.35. The number of rotatable bonds is 10. The summed E-state index contributed by atoms with van der Waals surface area (Å²) < 4.78 is 22.1. The molecule has 0 N–H and O–H groups in total. The van der Waals surface area contributed by atoms with Crippen molar-refractivity contribution in [2.75, 3.05) is 20.8 Å². The molecule has 0 amide bonds. The van der Waals surface area contributed by atoms with E-state index in [-0.39, 0.29) is 22.1 Å². The predicted molar refractivity (Wildman–Crippen MR) is 124 cm³/mol. The zero-order valence-electron chi connectivity index (χ0n) is 19.5. The van der Waals surface area contributed by atoms with Crippen LogP contribution in [0.15, 0.2) is 11.6 Å². The molecule has 0 saturated carbocycles. The van der Waals surface area contributed by atoms with Gasteiger partial charge in [0.1, 0.15) is 0 Å². The number of carbonyl (C=O) groups excluding carboxylic acids is 2. The maximum absolute atomic E-state index is 12.5. The van der Waals surface area contributed by atoms with E-state index in [1.807, 2.05) is 13.8 Å². The first-order valence-electron chi connectivity index (χ1n) is 10.4. The third-order valence-corrected chi connectivity index (χ3v) is 8.45. The van der Waals surface area contributed by atoms with Crippen LogP contribution in [0.25, 0.3) is 0 Å². The quantitative estimate of drug-likeness (QED) is 0.214. The standard InChI is InChI=1S/C23H33O6Si.Po/c1-15(9-11-19(24)26-3)8-10-17-21(27-4)16(2)18-14-29-23(25)20(18)22(17)28-12-13-30(5,6)7;/h8,11H,9-10,12-14H2,1-7H3;/b15-8+;. The van der Waals surface area contributed by atoms with Crippen LogP contribution in [0.5, 0.6) is 11.5 Å². The van der Waals surface area contributed by atoms with Crippen LogP contribution in [-0.4, -0.2) is 65.9 Å². The van der Waals surface area contributed by atoms with Gasteiger partial charge < -0.3 is 0 Å². The van der Waals surface area contributed by atoms with Crippen molar-refractivity contribution >= 4 is 45.1 Å². The van der Waals surface area contributed by atoms with Crippen molar-refractivity contribution in [1.82, 2.24) is 0 Å². The molecule has 6 nitrogen and oxygen atoms in total. The van der Waals surface area contributed by atoms with E-state index in [2.05, 4.69) is 25.7 Å². The van der Waals surface area contributed by atoms with E-state index in [4.69, 9.17) is 18.9 Å². The van der Waals surface area contributed by atoms with Crippen molar-refractivity contribution in [2.24, 2.45) is 0 Å². The van der Waals surface area contributed by atoms with Gasteiger partial charge in [0.05, 0.1) is 0 Å². The number of cyclic esters (lactones) is 1. The first kappa shape index (κ1) is 25.9. The average molecular weight is 643 g/mol. The molecule has 31 heavy (non-hydrogen) atoms. The Balaban J connectivity index is 2.43. The van der Waals surface area contributed by atoms with Gasteiger partial charge in [-0.25, -0.2) is 0 Å². The number of ether oxygens (including phenoxy) is 4. The summed E-state index contributed by atoms with van der Waals surface area (Å²) in [5.41, 5.74) is 4.22. The molecule has 1 unspecified atom stereocenters. The summed E-state index contributed by atoms with van der Waals surface area (Å²) in [4.78, 5) is 24.3. The Morgan fingerprint density at radius 3 is 2.52 bits per heavy atom. The third kappa shape index (κ3) is 6.55. The summed E-state index contributed by atoms with van der Waals surface area (Å²) in [6, 6.07) is 0.987. The van der Waals surface area contributed by atoms with E-state index < -0.39 is 8.07 Å². The molecule has 0 bridgehead atoms. The van der Waals surface area contributed by atoms with Gasteiger partial charge in [0.2, 0.25) is 0 Å². The van der Waals surface area contributed by atoms with Crippen LogP contribution in [0, 0.1) is 6.92 Å². The van der Waals surface area contributed by atoms with Crippen molar-refractivity contribution in [2.45, 2.75) is 62.6 Å². The van der Waals surface area contributed by atoms with Crippen LogP contribution in [-0.2, 0) is 27.3 Å². The monoisotopic (exact) mass is 642 g/mol. The number of allylic oxidation sites excluding steroid dienone is 2. The first-order chi connectivity index (χ1) is 14.5. The van der Waals surface area contributed by atoms with Crippen molar-refractivity contribution in [3.63, 3.8) is 0 Å². The van der Waals surface area contributed by atoms with Crippen LogP contribution in [0.4, 0.5) is 0 Å². The van der Waals surface area contributed by atoms with Gasteiger partial charge in [0.25, 0.3) is 0 Å². The van der Waals surface area contributed by atoms with Crippen molar-refractivity contribution < 1.29 is 28.5 Å². The summed E-state index contributed by atoms with van der Waals surface area (Å²) in [6.45, 7) is 11.6. The van der Waals surface area contributed by atoms with Crippen LogP contribution >= 0.6 is 0 Å². The summed E-state index contributed by atoms with van der Waals surface area (Å²) in [7, 11) is 1.76. The van der Waals surface area contributed by atoms with Crippen molar-refractivity contribution in [1.29, 1.82) is 0 Å². The van der Waals surface area contributed by atoms with E-state index in [1.165, 1.54) is 32.2 Å². The van der Waals surface area contributed by atoms with Gasteiger partial charge >= 0.3 is 202 Å². The zero-order chi connectivity index (χ0) is 23.3. The molecule has 0 fully saturated rings. The second kappa shape index (κ2) is 11.0. The van der Waals surface area contributed by atoms with Crippen LogP contribution in [0.2, 0.25) is 29.3 Å². The van der Waals surface area contributed by atoms with Crippen molar-refractivity contribution in [3.05, 3.63) is 33.9 Å². The Morgan fingerprint density at radius 2 is 1.94 bits per heavy atom. The Morgan fingerprint density at radius 1 is 1.26 bits per heavy atom. The normalized spacial score (nSPS) is 14.7. The van der Waals surface area contributed by atoms with Gasteiger partial charge in [-0.1, -0.05) is 0 Å². The van der Waals surface area contributed by atoms with Crippen LogP contribution in [0.3, 0.4) is 0 Å². The van der Waals surface area contributed by atoms with E-state index in [9.17, 15) is 9.59 Å². The Labute approximate surface area is 201 Å².